The van der Waals surface area contributed by atoms with Crippen molar-refractivity contribution >= 4 is 0 Å². The van der Waals surface area contributed by atoms with Crippen LogP contribution in [0.25, 0.3) is 0 Å². The van der Waals surface area contributed by atoms with E-state index in [1.807, 2.05) is 0 Å². The van der Waals surface area contributed by atoms with Gasteiger partial charge in [0.15, 0.2) is 0 Å². The van der Waals surface area contributed by atoms with Crippen LogP contribution in [0.1, 0.15) is 27.2 Å². The van der Waals surface area contributed by atoms with Crippen molar-refractivity contribution in [2.75, 3.05) is 46.6 Å². The molecule has 0 aliphatic carbocycles. The molecule has 1 rings (SSSR count). The van der Waals surface area contributed by atoms with Gasteiger partial charge in [-0.3, -0.25) is 4.90 Å². The fraction of sp³-hybridized carbons (Fsp3) is 1.00. The summed E-state index contributed by atoms with van der Waals surface area (Å²) in [7, 11) is 1.71. The summed E-state index contributed by atoms with van der Waals surface area (Å²) in [6, 6.07) is 1.28. The molecule has 4 nitrogen and oxygen atoms in total. The van der Waals surface area contributed by atoms with E-state index in [2.05, 4.69) is 31.0 Å². The van der Waals surface area contributed by atoms with Crippen LogP contribution < -0.4 is 5.32 Å². The number of hydrogen-bond acceptors (Lipinski definition) is 4. The highest BCUT2D eigenvalue weighted by molar-refractivity contribution is 4.87. The van der Waals surface area contributed by atoms with Crippen LogP contribution in [-0.2, 0) is 9.47 Å². The molecule has 108 valence electrons. The summed E-state index contributed by atoms with van der Waals surface area (Å²) in [5.74, 6) is 0.689. The Kier molecular flexibility index (Phi) is 7.82. The van der Waals surface area contributed by atoms with Gasteiger partial charge in [0.05, 0.1) is 19.8 Å². The van der Waals surface area contributed by atoms with Gasteiger partial charge >= 0.3 is 0 Å². The molecule has 1 fully saturated rings. The fourth-order valence-corrected chi connectivity index (χ4v) is 2.51. The second-order valence-corrected chi connectivity index (χ2v) is 5.42. The Morgan fingerprint density at radius 3 is 2.67 bits per heavy atom. The number of nitrogens with zero attached hydrogens (tertiary/aromatic N) is 1. The Labute approximate surface area is 112 Å². The summed E-state index contributed by atoms with van der Waals surface area (Å²) < 4.78 is 10.6. The predicted molar refractivity (Wildman–Crippen MR) is 75.0 cm³/mol. The summed E-state index contributed by atoms with van der Waals surface area (Å²) in [5.41, 5.74) is 0. The summed E-state index contributed by atoms with van der Waals surface area (Å²) >= 11 is 0. The highest BCUT2D eigenvalue weighted by Crippen LogP contribution is 2.15. The van der Waals surface area contributed by atoms with E-state index in [-0.39, 0.29) is 0 Å². The highest BCUT2D eigenvalue weighted by Gasteiger charge is 2.28. The molecular weight excluding hydrogens is 228 g/mol. The molecule has 0 amide bonds. The zero-order valence-electron chi connectivity index (χ0n) is 12.4. The molecule has 4 heteroatoms. The number of rotatable bonds is 8. The molecule has 2 unspecified atom stereocenters. The maximum Gasteiger partial charge on any atom is 0.0700 e. The van der Waals surface area contributed by atoms with Crippen LogP contribution in [0.15, 0.2) is 0 Å². The minimum atomic E-state index is 0.638. The molecular formula is C14H30N2O2. The first-order valence-corrected chi connectivity index (χ1v) is 7.23. The van der Waals surface area contributed by atoms with Crippen molar-refractivity contribution in [1.82, 2.24) is 10.2 Å². The molecule has 0 saturated carbocycles. The third-order valence-corrected chi connectivity index (χ3v) is 3.76. The van der Waals surface area contributed by atoms with E-state index in [1.54, 1.807) is 7.11 Å². The predicted octanol–water partition coefficient (Wildman–Crippen LogP) is 1.36. The first kappa shape index (κ1) is 15.9. The Morgan fingerprint density at radius 1 is 1.28 bits per heavy atom. The summed E-state index contributed by atoms with van der Waals surface area (Å²) in [6.45, 7) is 12.3. The van der Waals surface area contributed by atoms with Crippen LogP contribution in [0.4, 0.5) is 0 Å². The van der Waals surface area contributed by atoms with Gasteiger partial charge < -0.3 is 14.8 Å². The average Bonchev–Trinajstić information content (AvgIpc) is 2.38. The van der Waals surface area contributed by atoms with Crippen molar-refractivity contribution < 1.29 is 9.47 Å². The second kappa shape index (κ2) is 8.86. The standard InChI is InChI=1S/C14H30N2O2/c1-5-13-11-16(6-7-18-9-8-17-4)14(10-15-13)12(2)3/h12-15H,5-11H2,1-4H3. The van der Waals surface area contributed by atoms with Crippen molar-refractivity contribution in [3.63, 3.8) is 0 Å². The van der Waals surface area contributed by atoms with Gasteiger partial charge in [0.2, 0.25) is 0 Å². The lowest BCUT2D eigenvalue weighted by molar-refractivity contribution is 0.0305. The molecule has 0 aromatic carbocycles. The monoisotopic (exact) mass is 258 g/mol. The van der Waals surface area contributed by atoms with Crippen molar-refractivity contribution in [2.24, 2.45) is 5.92 Å². The largest absolute Gasteiger partial charge is 0.382 e. The molecule has 18 heavy (non-hydrogen) atoms. The summed E-state index contributed by atoms with van der Waals surface area (Å²) in [4.78, 5) is 2.59. The minimum absolute atomic E-state index is 0.638. The molecule has 0 spiro atoms. The van der Waals surface area contributed by atoms with Crippen molar-refractivity contribution in [2.45, 2.75) is 39.3 Å². The van der Waals surface area contributed by atoms with Gasteiger partial charge in [-0.15, -0.1) is 0 Å². The van der Waals surface area contributed by atoms with Gasteiger partial charge in [-0.05, 0) is 12.3 Å². The minimum Gasteiger partial charge on any atom is -0.382 e. The zero-order chi connectivity index (χ0) is 13.4. The average molecular weight is 258 g/mol. The lowest BCUT2D eigenvalue weighted by atomic mass is 9.98. The van der Waals surface area contributed by atoms with E-state index in [1.165, 1.54) is 6.42 Å². The van der Waals surface area contributed by atoms with Crippen molar-refractivity contribution in [3.05, 3.63) is 0 Å². The van der Waals surface area contributed by atoms with Gasteiger partial charge in [-0.2, -0.15) is 0 Å². The lowest BCUT2D eigenvalue weighted by Gasteiger charge is -2.42. The van der Waals surface area contributed by atoms with Gasteiger partial charge in [0.25, 0.3) is 0 Å². The normalized spacial score (nSPS) is 25.8. The number of methoxy groups -OCH3 is 1. The molecule has 0 radical (unpaired) electrons. The second-order valence-electron chi connectivity index (χ2n) is 5.42. The first-order chi connectivity index (χ1) is 8.69. The smallest absolute Gasteiger partial charge is 0.0700 e. The number of nitrogens with one attached hydrogen (secondary N) is 1. The lowest BCUT2D eigenvalue weighted by Crippen LogP contribution is -2.58. The van der Waals surface area contributed by atoms with Crippen molar-refractivity contribution in [3.8, 4) is 0 Å². The maximum atomic E-state index is 5.59. The Bertz CT molecular complexity index is 212. The van der Waals surface area contributed by atoms with Gasteiger partial charge in [-0.1, -0.05) is 20.8 Å². The Balaban J connectivity index is 2.31. The van der Waals surface area contributed by atoms with Crippen LogP contribution >= 0.6 is 0 Å². The molecule has 1 heterocycles. The topological polar surface area (TPSA) is 33.7 Å². The van der Waals surface area contributed by atoms with E-state index in [9.17, 15) is 0 Å². The quantitative estimate of drug-likeness (QED) is 0.667. The Hall–Kier alpha value is -0.160. The van der Waals surface area contributed by atoms with Gasteiger partial charge in [0, 0.05) is 38.8 Å². The molecule has 2 atom stereocenters. The van der Waals surface area contributed by atoms with E-state index in [4.69, 9.17) is 9.47 Å². The molecule has 1 N–H and O–H groups in total. The summed E-state index contributed by atoms with van der Waals surface area (Å²) in [5, 5.41) is 3.64. The number of ether oxygens (including phenoxy) is 2. The number of hydrogen-bond donors (Lipinski definition) is 1. The molecule has 0 aromatic heterocycles. The van der Waals surface area contributed by atoms with E-state index in [0.717, 1.165) is 26.2 Å². The fourth-order valence-electron chi connectivity index (χ4n) is 2.51. The molecule has 1 saturated heterocycles. The van der Waals surface area contributed by atoms with Gasteiger partial charge in [-0.25, -0.2) is 0 Å². The SMILES string of the molecule is CCC1CN(CCOCCOC)C(C(C)C)CN1. The van der Waals surface area contributed by atoms with Crippen LogP contribution in [0.3, 0.4) is 0 Å². The van der Waals surface area contributed by atoms with Crippen LogP contribution in [0.2, 0.25) is 0 Å². The highest BCUT2D eigenvalue weighted by atomic mass is 16.5. The molecule has 1 aliphatic rings. The summed E-state index contributed by atoms with van der Waals surface area (Å²) in [6.07, 6.45) is 1.20. The van der Waals surface area contributed by atoms with E-state index >= 15 is 0 Å². The van der Waals surface area contributed by atoms with E-state index in [0.29, 0.717) is 31.2 Å². The third-order valence-electron chi connectivity index (χ3n) is 3.76. The number of piperazine rings is 1. The Morgan fingerprint density at radius 2 is 2.06 bits per heavy atom. The molecule has 0 aromatic rings. The van der Waals surface area contributed by atoms with Crippen molar-refractivity contribution in [1.29, 1.82) is 0 Å². The maximum absolute atomic E-state index is 5.59. The zero-order valence-corrected chi connectivity index (χ0v) is 12.4. The van der Waals surface area contributed by atoms with Crippen LogP contribution in [0, 0.1) is 5.92 Å². The molecule has 0 bridgehead atoms. The van der Waals surface area contributed by atoms with Crippen LogP contribution in [-0.4, -0.2) is 63.5 Å². The molecule has 1 aliphatic heterocycles. The van der Waals surface area contributed by atoms with E-state index < -0.39 is 0 Å². The van der Waals surface area contributed by atoms with Gasteiger partial charge in [0.1, 0.15) is 0 Å². The first-order valence-electron chi connectivity index (χ1n) is 7.23. The third kappa shape index (κ3) is 5.22. The van der Waals surface area contributed by atoms with Crippen LogP contribution in [0.5, 0.6) is 0 Å².